The summed E-state index contributed by atoms with van der Waals surface area (Å²) < 4.78 is 0. The number of nitrogens with one attached hydrogen (secondary N) is 1. The van der Waals surface area contributed by atoms with Gasteiger partial charge in [0.15, 0.2) is 0 Å². The molecule has 0 bridgehead atoms. The summed E-state index contributed by atoms with van der Waals surface area (Å²) in [4.78, 5) is 23.7. The summed E-state index contributed by atoms with van der Waals surface area (Å²) in [6, 6.07) is 1.79. The van der Waals surface area contributed by atoms with Gasteiger partial charge in [-0.25, -0.2) is 0 Å². The van der Waals surface area contributed by atoms with Crippen LogP contribution in [-0.2, 0) is 9.59 Å². The van der Waals surface area contributed by atoms with Crippen molar-refractivity contribution in [3.63, 3.8) is 0 Å². The minimum absolute atomic E-state index is 0.0712. The van der Waals surface area contributed by atoms with Crippen molar-refractivity contribution in [2.45, 2.75) is 26.7 Å². The maximum atomic E-state index is 11.5. The number of carboxylic acids is 1. The molecule has 0 aromatic carbocycles. The molecule has 100 valence electrons. The number of aliphatic carboxylic acids is 1. The van der Waals surface area contributed by atoms with Gasteiger partial charge in [-0.2, -0.15) is 5.26 Å². The van der Waals surface area contributed by atoms with Crippen LogP contribution in [0.3, 0.4) is 0 Å². The van der Waals surface area contributed by atoms with Crippen LogP contribution in [0, 0.1) is 11.3 Å². The van der Waals surface area contributed by atoms with E-state index >= 15 is 0 Å². The maximum absolute atomic E-state index is 11.5. The van der Waals surface area contributed by atoms with Gasteiger partial charge >= 0.3 is 5.97 Å². The lowest BCUT2D eigenvalue weighted by Gasteiger charge is -2.19. The predicted octanol–water partition coefficient (Wildman–Crippen LogP) is 0.717. The lowest BCUT2D eigenvalue weighted by atomic mass is 10.2. The zero-order valence-electron chi connectivity index (χ0n) is 10.8. The second kappa shape index (κ2) is 9.05. The standard InChI is InChI=1S/C12H19N3O3/c1-3-5-15(6-4-2)9-10(7-13)12(18)14-8-11(16)17/h9H,3-6,8H2,1-2H3,(H,14,18)(H,16,17)/b10-9-. The van der Waals surface area contributed by atoms with E-state index in [-0.39, 0.29) is 5.57 Å². The number of nitrogens with zero attached hydrogens (tertiary/aromatic N) is 2. The molecule has 0 spiro atoms. The van der Waals surface area contributed by atoms with E-state index < -0.39 is 18.4 Å². The molecule has 1 amide bonds. The van der Waals surface area contributed by atoms with E-state index in [1.165, 1.54) is 6.20 Å². The molecule has 0 rings (SSSR count). The van der Waals surface area contributed by atoms with Gasteiger partial charge in [0.2, 0.25) is 0 Å². The van der Waals surface area contributed by atoms with Crippen molar-refractivity contribution in [2.24, 2.45) is 0 Å². The van der Waals surface area contributed by atoms with Crippen LogP contribution in [0.25, 0.3) is 0 Å². The summed E-state index contributed by atoms with van der Waals surface area (Å²) in [7, 11) is 0. The Bertz CT molecular complexity index is 352. The fourth-order valence-corrected chi connectivity index (χ4v) is 1.39. The summed E-state index contributed by atoms with van der Waals surface area (Å²) in [5.74, 6) is -1.79. The molecule has 0 unspecified atom stereocenters. The summed E-state index contributed by atoms with van der Waals surface area (Å²) >= 11 is 0. The van der Waals surface area contributed by atoms with Crippen LogP contribution in [0.1, 0.15) is 26.7 Å². The van der Waals surface area contributed by atoms with E-state index in [0.29, 0.717) is 0 Å². The first-order chi connectivity index (χ1) is 8.54. The highest BCUT2D eigenvalue weighted by Crippen LogP contribution is 2.01. The number of rotatable bonds is 8. The summed E-state index contributed by atoms with van der Waals surface area (Å²) in [6.07, 6.45) is 3.31. The highest BCUT2D eigenvalue weighted by molar-refractivity contribution is 5.98. The lowest BCUT2D eigenvalue weighted by Crippen LogP contribution is -2.31. The highest BCUT2D eigenvalue weighted by atomic mass is 16.4. The fourth-order valence-electron chi connectivity index (χ4n) is 1.39. The molecule has 0 aliphatic carbocycles. The number of hydrogen-bond donors (Lipinski definition) is 2. The van der Waals surface area contributed by atoms with E-state index in [1.807, 2.05) is 18.7 Å². The van der Waals surface area contributed by atoms with Crippen molar-refractivity contribution in [2.75, 3.05) is 19.6 Å². The second-order valence-corrected chi connectivity index (χ2v) is 3.77. The quantitative estimate of drug-likeness (QED) is 0.491. The number of carboxylic acid groups (broad SMARTS) is 1. The first kappa shape index (κ1) is 16.0. The van der Waals surface area contributed by atoms with Gasteiger partial charge in [0, 0.05) is 19.3 Å². The Hall–Kier alpha value is -2.03. The first-order valence-corrected chi connectivity index (χ1v) is 5.91. The topological polar surface area (TPSA) is 93.4 Å². The first-order valence-electron chi connectivity index (χ1n) is 5.91. The number of nitriles is 1. The van der Waals surface area contributed by atoms with Crippen molar-refractivity contribution >= 4 is 11.9 Å². The molecule has 0 aromatic heterocycles. The molecule has 0 fully saturated rings. The van der Waals surface area contributed by atoms with Crippen LogP contribution >= 0.6 is 0 Å². The van der Waals surface area contributed by atoms with Gasteiger partial charge in [0.05, 0.1) is 0 Å². The molecule has 6 nitrogen and oxygen atoms in total. The molecule has 0 atom stereocenters. The highest BCUT2D eigenvalue weighted by Gasteiger charge is 2.11. The smallest absolute Gasteiger partial charge is 0.322 e. The van der Waals surface area contributed by atoms with Crippen LogP contribution < -0.4 is 5.32 Å². The van der Waals surface area contributed by atoms with E-state index in [4.69, 9.17) is 10.4 Å². The van der Waals surface area contributed by atoms with Crippen LogP contribution in [0.4, 0.5) is 0 Å². The number of hydrogen-bond acceptors (Lipinski definition) is 4. The van der Waals surface area contributed by atoms with Crippen LogP contribution in [0.15, 0.2) is 11.8 Å². The third-order valence-corrected chi connectivity index (χ3v) is 2.10. The Labute approximate surface area is 107 Å². The Balaban J connectivity index is 4.66. The predicted molar refractivity (Wildman–Crippen MR) is 66.5 cm³/mol. The molecule has 0 radical (unpaired) electrons. The maximum Gasteiger partial charge on any atom is 0.322 e. The minimum Gasteiger partial charge on any atom is -0.480 e. The van der Waals surface area contributed by atoms with Gasteiger partial charge in [-0.15, -0.1) is 0 Å². The normalized spacial score (nSPS) is 10.6. The Morgan fingerprint density at radius 1 is 1.33 bits per heavy atom. The van der Waals surface area contributed by atoms with Crippen molar-refractivity contribution in [1.82, 2.24) is 10.2 Å². The van der Waals surface area contributed by atoms with Gasteiger partial charge in [0.25, 0.3) is 5.91 Å². The molecule has 6 heteroatoms. The molecule has 0 heterocycles. The molecule has 2 N–H and O–H groups in total. The summed E-state index contributed by atoms with van der Waals surface area (Å²) in [5.41, 5.74) is -0.0712. The fraction of sp³-hybridized carbons (Fsp3) is 0.583. The number of carbonyl (C=O) groups is 2. The second-order valence-electron chi connectivity index (χ2n) is 3.77. The van der Waals surface area contributed by atoms with Gasteiger partial charge in [-0.05, 0) is 12.8 Å². The summed E-state index contributed by atoms with van der Waals surface area (Å²) in [6.45, 7) is 5.04. The SMILES string of the molecule is CCCN(/C=C(/C#N)C(=O)NCC(=O)O)CCC. The monoisotopic (exact) mass is 253 g/mol. The minimum atomic E-state index is -1.14. The molecule has 0 saturated carbocycles. The van der Waals surface area contributed by atoms with Gasteiger partial charge in [0.1, 0.15) is 18.2 Å². The van der Waals surface area contributed by atoms with E-state index in [1.54, 1.807) is 6.07 Å². The van der Waals surface area contributed by atoms with E-state index in [9.17, 15) is 9.59 Å². The van der Waals surface area contributed by atoms with Crippen LogP contribution in [0.2, 0.25) is 0 Å². The van der Waals surface area contributed by atoms with Crippen molar-refractivity contribution in [3.05, 3.63) is 11.8 Å². The molecular weight excluding hydrogens is 234 g/mol. The largest absolute Gasteiger partial charge is 0.480 e. The average Bonchev–Trinajstić information content (AvgIpc) is 2.33. The zero-order valence-corrected chi connectivity index (χ0v) is 10.8. The summed E-state index contributed by atoms with van der Waals surface area (Å²) in [5, 5.41) is 19.5. The van der Waals surface area contributed by atoms with Crippen molar-refractivity contribution in [1.29, 1.82) is 5.26 Å². The van der Waals surface area contributed by atoms with Gasteiger partial charge in [-0.3, -0.25) is 9.59 Å². The third kappa shape index (κ3) is 6.53. The Morgan fingerprint density at radius 3 is 2.28 bits per heavy atom. The molecular formula is C12H19N3O3. The van der Waals surface area contributed by atoms with Crippen LogP contribution in [-0.4, -0.2) is 41.5 Å². The Kier molecular flexibility index (Phi) is 8.03. The lowest BCUT2D eigenvalue weighted by molar-refractivity contribution is -0.137. The molecule has 0 aromatic rings. The zero-order chi connectivity index (χ0) is 14.0. The Morgan fingerprint density at radius 2 is 1.89 bits per heavy atom. The molecule has 0 aliphatic heterocycles. The van der Waals surface area contributed by atoms with E-state index in [0.717, 1.165) is 25.9 Å². The van der Waals surface area contributed by atoms with Crippen molar-refractivity contribution < 1.29 is 14.7 Å². The van der Waals surface area contributed by atoms with Crippen molar-refractivity contribution in [3.8, 4) is 6.07 Å². The van der Waals surface area contributed by atoms with Gasteiger partial charge < -0.3 is 15.3 Å². The average molecular weight is 253 g/mol. The number of carbonyl (C=O) groups excluding carboxylic acids is 1. The molecule has 18 heavy (non-hydrogen) atoms. The third-order valence-electron chi connectivity index (χ3n) is 2.10. The van der Waals surface area contributed by atoms with Crippen LogP contribution in [0.5, 0.6) is 0 Å². The molecule has 0 aliphatic rings. The van der Waals surface area contributed by atoms with E-state index in [2.05, 4.69) is 5.32 Å². The van der Waals surface area contributed by atoms with Gasteiger partial charge in [-0.1, -0.05) is 13.8 Å². The number of amides is 1. The molecule has 0 saturated heterocycles.